The molecule has 1 aliphatic heterocycles. The second-order valence-corrected chi connectivity index (χ2v) is 4.46. The van der Waals surface area contributed by atoms with Crippen LogP contribution in [0.5, 0.6) is 0 Å². The molecule has 2 amide bonds. The minimum atomic E-state index is -1.11. The van der Waals surface area contributed by atoms with Crippen LogP contribution in [-0.2, 0) is 30.6 Å². The molecule has 21 heavy (non-hydrogen) atoms. The van der Waals surface area contributed by atoms with E-state index in [1.54, 1.807) is 6.92 Å². The van der Waals surface area contributed by atoms with Gasteiger partial charge in [-0.05, 0) is 12.5 Å². The molecule has 2 atom stereocenters. The van der Waals surface area contributed by atoms with Gasteiger partial charge in [0.2, 0.25) is 5.91 Å². The summed E-state index contributed by atoms with van der Waals surface area (Å²) in [7, 11) is 0. The van der Waals surface area contributed by atoms with Crippen molar-refractivity contribution in [3.8, 4) is 0 Å². The Hall–Kier alpha value is -2.41. The third-order valence-electron chi connectivity index (χ3n) is 2.99. The number of esters is 1. The first-order valence-corrected chi connectivity index (χ1v) is 6.56. The Labute approximate surface area is 121 Å². The van der Waals surface area contributed by atoms with Crippen LogP contribution < -0.4 is 10.8 Å². The van der Waals surface area contributed by atoms with E-state index in [0.717, 1.165) is 5.56 Å². The van der Waals surface area contributed by atoms with Gasteiger partial charge in [0.25, 0.3) is 5.91 Å². The van der Waals surface area contributed by atoms with E-state index in [1.165, 1.54) is 0 Å². The zero-order valence-electron chi connectivity index (χ0n) is 11.5. The lowest BCUT2D eigenvalue weighted by molar-refractivity contribution is -0.164. The summed E-state index contributed by atoms with van der Waals surface area (Å²) in [6.45, 7) is 2.01. The predicted octanol–water partition coefficient (Wildman–Crippen LogP) is -0.0879. The van der Waals surface area contributed by atoms with Gasteiger partial charge in [-0.2, -0.15) is 0 Å². The van der Waals surface area contributed by atoms with Gasteiger partial charge in [-0.15, -0.1) is 0 Å². The molecule has 0 aromatic heterocycles. The Kier molecular flexibility index (Phi) is 4.89. The van der Waals surface area contributed by atoms with Crippen LogP contribution in [0.15, 0.2) is 30.3 Å². The van der Waals surface area contributed by atoms with Crippen LogP contribution in [0.1, 0.15) is 12.5 Å². The fourth-order valence-electron chi connectivity index (χ4n) is 1.91. The number of hydrogen-bond acceptors (Lipinski definition) is 5. The highest BCUT2D eigenvalue weighted by Gasteiger charge is 2.50. The quantitative estimate of drug-likeness (QED) is 0.331. The molecule has 2 N–H and O–H groups in total. The Bertz CT molecular complexity index is 531. The van der Waals surface area contributed by atoms with Gasteiger partial charge in [0.05, 0.1) is 13.2 Å². The number of hydroxylamine groups is 1. The molecule has 2 rings (SSSR count). The fourth-order valence-corrected chi connectivity index (χ4v) is 1.91. The number of carbonyl (C=O) groups is 3. The van der Waals surface area contributed by atoms with E-state index in [2.05, 4.69) is 10.8 Å². The van der Waals surface area contributed by atoms with Gasteiger partial charge in [-0.1, -0.05) is 30.3 Å². The van der Waals surface area contributed by atoms with Crippen molar-refractivity contribution in [3.63, 3.8) is 0 Å². The van der Waals surface area contributed by atoms with Crippen molar-refractivity contribution in [1.29, 1.82) is 0 Å². The number of benzene rings is 1. The Morgan fingerprint density at radius 2 is 2.00 bits per heavy atom. The second kappa shape index (κ2) is 6.85. The van der Waals surface area contributed by atoms with Gasteiger partial charge >= 0.3 is 5.97 Å². The summed E-state index contributed by atoms with van der Waals surface area (Å²) in [5.74, 6) is -2.92. The van der Waals surface area contributed by atoms with Crippen LogP contribution in [0.4, 0.5) is 0 Å². The molecule has 7 nitrogen and oxygen atoms in total. The van der Waals surface area contributed by atoms with E-state index < -0.39 is 29.7 Å². The fraction of sp³-hybridized carbons (Fsp3) is 0.357. The van der Waals surface area contributed by atoms with E-state index in [-0.39, 0.29) is 13.2 Å². The number of hydrogen-bond donors (Lipinski definition) is 2. The Morgan fingerprint density at radius 3 is 2.62 bits per heavy atom. The molecule has 0 bridgehead atoms. The minimum absolute atomic E-state index is 0.172. The highest BCUT2D eigenvalue weighted by atomic mass is 16.7. The van der Waals surface area contributed by atoms with Gasteiger partial charge in [0.15, 0.2) is 0 Å². The summed E-state index contributed by atoms with van der Waals surface area (Å²) < 4.78 is 4.77. The van der Waals surface area contributed by atoms with Gasteiger partial charge in [0.1, 0.15) is 12.0 Å². The predicted molar refractivity (Wildman–Crippen MR) is 71.4 cm³/mol. The van der Waals surface area contributed by atoms with Crippen LogP contribution in [-0.4, -0.2) is 30.4 Å². The van der Waals surface area contributed by atoms with Crippen molar-refractivity contribution in [3.05, 3.63) is 35.9 Å². The molecule has 1 aliphatic rings. The molecule has 0 spiro atoms. The number of carbonyl (C=O) groups excluding carboxylic acids is 3. The smallest absolute Gasteiger partial charge is 0.330 e. The molecule has 1 heterocycles. The first kappa shape index (κ1) is 15.0. The van der Waals surface area contributed by atoms with E-state index in [9.17, 15) is 14.4 Å². The molecule has 0 saturated carbocycles. The Balaban J connectivity index is 1.82. The van der Waals surface area contributed by atoms with Crippen molar-refractivity contribution >= 4 is 17.8 Å². The maximum absolute atomic E-state index is 11.8. The molecular formula is C14H16N2O5. The summed E-state index contributed by atoms with van der Waals surface area (Å²) in [5, 5.41) is 2.34. The number of ether oxygens (including phenoxy) is 1. The van der Waals surface area contributed by atoms with Gasteiger partial charge < -0.3 is 10.1 Å². The van der Waals surface area contributed by atoms with Crippen LogP contribution >= 0.6 is 0 Å². The number of amides is 2. The SMILES string of the molecule is CCOC(=O)C1NC(=O)C1C(=O)NOCc1ccccc1. The van der Waals surface area contributed by atoms with E-state index in [4.69, 9.17) is 9.57 Å². The zero-order valence-corrected chi connectivity index (χ0v) is 11.5. The molecule has 1 aromatic rings. The highest BCUT2D eigenvalue weighted by Crippen LogP contribution is 2.17. The topological polar surface area (TPSA) is 93.7 Å². The lowest BCUT2D eigenvalue weighted by Crippen LogP contribution is -2.66. The van der Waals surface area contributed by atoms with Crippen LogP contribution in [0.2, 0.25) is 0 Å². The first-order chi connectivity index (χ1) is 10.1. The molecule has 1 saturated heterocycles. The van der Waals surface area contributed by atoms with Crippen molar-refractivity contribution in [2.45, 2.75) is 19.6 Å². The molecule has 2 unspecified atom stereocenters. The maximum Gasteiger partial charge on any atom is 0.330 e. The zero-order chi connectivity index (χ0) is 15.2. The van der Waals surface area contributed by atoms with Crippen LogP contribution in [0, 0.1) is 5.92 Å². The molecule has 112 valence electrons. The highest BCUT2D eigenvalue weighted by molar-refractivity contribution is 6.11. The van der Waals surface area contributed by atoms with Crippen molar-refractivity contribution < 1.29 is 24.0 Å². The molecule has 1 aromatic carbocycles. The standard InChI is InChI=1S/C14H16N2O5/c1-2-20-14(19)11-10(12(17)15-11)13(18)16-21-8-9-6-4-3-5-7-9/h3-7,10-11H,2,8H2,1H3,(H,15,17)(H,16,18). The average Bonchev–Trinajstić information content (AvgIpc) is 2.46. The second-order valence-electron chi connectivity index (χ2n) is 4.46. The number of β-lactam (4-membered cyclic amide) rings is 1. The van der Waals surface area contributed by atoms with Gasteiger partial charge in [0, 0.05) is 0 Å². The summed E-state index contributed by atoms with van der Waals surface area (Å²) in [6, 6.07) is 8.28. The lowest BCUT2D eigenvalue weighted by atomic mass is 9.90. The minimum Gasteiger partial charge on any atom is -0.464 e. The largest absolute Gasteiger partial charge is 0.464 e. The molecule has 0 radical (unpaired) electrons. The molecule has 0 aliphatic carbocycles. The summed E-state index contributed by atoms with van der Waals surface area (Å²) in [4.78, 5) is 39.8. The van der Waals surface area contributed by atoms with Crippen molar-refractivity contribution in [1.82, 2.24) is 10.8 Å². The summed E-state index contributed by atoms with van der Waals surface area (Å²) >= 11 is 0. The average molecular weight is 292 g/mol. The van der Waals surface area contributed by atoms with E-state index >= 15 is 0 Å². The molecule has 7 heteroatoms. The monoisotopic (exact) mass is 292 g/mol. The summed E-state index contributed by atoms with van der Waals surface area (Å²) in [5.41, 5.74) is 3.06. The van der Waals surface area contributed by atoms with Crippen molar-refractivity contribution in [2.24, 2.45) is 5.92 Å². The molecule has 1 fully saturated rings. The third kappa shape index (κ3) is 3.57. The van der Waals surface area contributed by atoms with Crippen molar-refractivity contribution in [2.75, 3.05) is 6.61 Å². The molecular weight excluding hydrogens is 276 g/mol. The van der Waals surface area contributed by atoms with E-state index in [0.29, 0.717) is 0 Å². The van der Waals surface area contributed by atoms with Crippen LogP contribution in [0.25, 0.3) is 0 Å². The van der Waals surface area contributed by atoms with E-state index in [1.807, 2.05) is 30.3 Å². The number of rotatable bonds is 6. The van der Waals surface area contributed by atoms with Crippen LogP contribution in [0.3, 0.4) is 0 Å². The Morgan fingerprint density at radius 1 is 1.29 bits per heavy atom. The normalized spacial score (nSPS) is 20.1. The first-order valence-electron chi connectivity index (χ1n) is 6.56. The number of nitrogens with one attached hydrogen (secondary N) is 2. The summed E-state index contributed by atoms with van der Waals surface area (Å²) in [6.07, 6.45) is 0. The van der Waals surface area contributed by atoms with Gasteiger partial charge in [-0.25, -0.2) is 10.3 Å². The maximum atomic E-state index is 11.8. The lowest BCUT2D eigenvalue weighted by Gasteiger charge is -2.33. The third-order valence-corrected chi connectivity index (χ3v) is 2.99. The van der Waals surface area contributed by atoms with Gasteiger partial charge in [-0.3, -0.25) is 14.4 Å².